The second kappa shape index (κ2) is 4.11. The Morgan fingerprint density at radius 3 is 2.09 bits per heavy atom. The van der Waals surface area contributed by atoms with Crippen LogP contribution in [0.5, 0.6) is 0 Å². The molecule has 0 aromatic heterocycles. The van der Waals surface area contributed by atoms with E-state index in [1.807, 2.05) is 6.92 Å². The lowest BCUT2D eigenvalue weighted by Crippen LogP contribution is -2.25. The summed E-state index contributed by atoms with van der Waals surface area (Å²) in [4.78, 5) is 21.5. The average Bonchev–Trinajstić information content (AvgIpc) is 2.00. The van der Waals surface area contributed by atoms with Gasteiger partial charge in [-0.3, -0.25) is 9.59 Å². The number of Topliss-reactive ketones (excluding diaryl/α,β-unsaturated/α-hetero) is 1. The molecule has 3 nitrogen and oxygen atoms in total. The molecule has 0 aromatic carbocycles. The van der Waals surface area contributed by atoms with Gasteiger partial charge < -0.3 is 5.11 Å². The van der Waals surface area contributed by atoms with Crippen molar-refractivity contribution in [3.63, 3.8) is 0 Å². The van der Waals surface area contributed by atoms with Gasteiger partial charge in [0.25, 0.3) is 0 Å². The molecule has 3 heteroatoms. The van der Waals surface area contributed by atoms with Crippen LogP contribution >= 0.6 is 0 Å². The molecule has 0 saturated heterocycles. The number of carbonyl (C=O) groups excluding carboxylic acids is 1. The second-order valence-electron chi connectivity index (χ2n) is 2.77. The first kappa shape index (κ1) is 10.1. The quantitative estimate of drug-likeness (QED) is 0.628. The molecule has 11 heavy (non-hydrogen) atoms. The van der Waals surface area contributed by atoms with Crippen molar-refractivity contribution in [2.45, 2.75) is 27.2 Å². The number of carboxylic acid groups (broad SMARTS) is 1. The maximum atomic E-state index is 11.1. The summed E-state index contributed by atoms with van der Waals surface area (Å²) in [7, 11) is 0. The lowest BCUT2D eigenvalue weighted by molar-refractivity contribution is -0.146. The van der Waals surface area contributed by atoms with Gasteiger partial charge in [-0.15, -0.1) is 0 Å². The number of carboxylic acids is 1. The number of carbonyl (C=O) groups is 2. The van der Waals surface area contributed by atoms with Gasteiger partial charge >= 0.3 is 5.97 Å². The van der Waals surface area contributed by atoms with Gasteiger partial charge in [0.2, 0.25) is 0 Å². The summed E-state index contributed by atoms with van der Waals surface area (Å²) < 4.78 is 0. The third-order valence-corrected chi connectivity index (χ3v) is 1.90. The van der Waals surface area contributed by atoms with E-state index in [0.717, 1.165) is 0 Å². The summed E-state index contributed by atoms with van der Waals surface area (Å²) in [5.41, 5.74) is 0. The van der Waals surface area contributed by atoms with E-state index >= 15 is 0 Å². The van der Waals surface area contributed by atoms with Crippen molar-refractivity contribution in [1.29, 1.82) is 0 Å². The Morgan fingerprint density at radius 2 is 1.82 bits per heavy atom. The van der Waals surface area contributed by atoms with Crippen LogP contribution in [0.3, 0.4) is 0 Å². The molecule has 0 saturated carbocycles. The minimum Gasteiger partial charge on any atom is -0.481 e. The molecule has 2 atom stereocenters. The van der Waals surface area contributed by atoms with Gasteiger partial charge in [-0.25, -0.2) is 0 Å². The molecule has 0 heterocycles. The molecule has 0 rings (SSSR count). The molecule has 0 aromatic rings. The van der Waals surface area contributed by atoms with Crippen molar-refractivity contribution in [3.05, 3.63) is 0 Å². The summed E-state index contributed by atoms with van der Waals surface area (Å²) in [6, 6.07) is 0. The normalized spacial score (nSPS) is 15.5. The molecule has 2 unspecified atom stereocenters. The zero-order valence-corrected chi connectivity index (χ0v) is 7.13. The van der Waals surface area contributed by atoms with Gasteiger partial charge in [0.05, 0.1) is 0 Å². The highest BCUT2D eigenvalue weighted by molar-refractivity contribution is 5.98. The lowest BCUT2D eigenvalue weighted by atomic mass is 9.94. The first-order chi connectivity index (χ1) is 5.00. The Kier molecular flexibility index (Phi) is 3.79. The van der Waals surface area contributed by atoms with Gasteiger partial charge in [0.15, 0.2) is 0 Å². The van der Waals surface area contributed by atoms with E-state index < -0.39 is 11.9 Å². The Hall–Kier alpha value is -0.860. The van der Waals surface area contributed by atoms with Crippen molar-refractivity contribution >= 4 is 11.8 Å². The highest BCUT2D eigenvalue weighted by Crippen LogP contribution is 2.10. The van der Waals surface area contributed by atoms with Crippen molar-refractivity contribution in [2.24, 2.45) is 11.8 Å². The predicted molar refractivity (Wildman–Crippen MR) is 41.3 cm³/mol. The summed E-state index contributed by atoms with van der Waals surface area (Å²) in [6.45, 7) is 5.05. The van der Waals surface area contributed by atoms with Crippen LogP contribution in [0.1, 0.15) is 27.2 Å². The van der Waals surface area contributed by atoms with E-state index in [0.29, 0.717) is 6.42 Å². The number of hydrogen-bond acceptors (Lipinski definition) is 2. The summed E-state index contributed by atoms with van der Waals surface area (Å²) in [6.07, 6.45) is 0.705. The zero-order valence-electron chi connectivity index (χ0n) is 7.13. The molecule has 0 aliphatic carbocycles. The van der Waals surface area contributed by atoms with Gasteiger partial charge in [0.1, 0.15) is 11.7 Å². The van der Waals surface area contributed by atoms with Crippen LogP contribution < -0.4 is 0 Å². The minimum absolute atomic E-state index is 0.138. The summed E-state index contributed by atoms with van der Waals surface area (Å²) >= 11 is 0. The largest absolute Gasteiger partial charge is 0.481 e. The first-order valence-corrected chi connectivity index (χ1v) is 3.77. The summed E-state index contributed by atoms with van der Waals surface area (Å²) in [5.74, 6) is -2.21. The minimum atomic E-state index is -1.03. The molecule has 0 spiro atoms. The van der Waals surface area contributed by atoms with Crippen molar-refractivity contribution in [2.75, 3.05) is 0 Å². The smallest absolute Gasteiger partial charge is 0.313 e. The molecule has 64 valence electrons. The topological polar surface area (TPSA) is 54.4 Å². The predicted octanol–water partition coefficient (Wildman–Crippen LogP) is 1.32. The monoisotopic (exact) mass is 158 g/mol. The third kappa shape index (κ3) is 2.70. The van der Waals surface area contributed by atoms with Crippen LogP contribution in [0.4, 0.5) is 0 Å². The van der Waals surface area contributed by atoms with E-state index in [1.165, 1.54) is 6.92 Å². The Bertz CT molecular complexity index is 163. The fraction of sp³-hybridized carbons (Fsp3) is 0.750. The molecule has 0 radical (unpaired) electrons. The summed E-state index contributed by atoms with van der Waals surface area (Å²) in [5, 5.41) is 8.48. The average molecular weight is 158 g/mol. The third-order valence-electron chi connectivity index (χ3n) is 1.90. The fourth-order valence-corrected chi connectivity index (χ4v) is 0.750. The number of hydrogen-bond donors (Lipinski definition) is 1. The Morgan fingerprint density at radius 1 is 1.36 bits per heavy atom. The standard InChI is InChI=1S/C8H14O3/c1-4-5(2)7(9)6(3)8(10)11/h5-6H,4H2,1-3H3,(H,10,11). The van der Waals surface area contributed by atoms with Crippen LogP contribution in [-0.4, -0.2) is 16.9 Å². The number of ketones is 1. The van der Waals surface area contributed by atoms with Crippen molar-refractivity contribution < 1.29 is 14.7 Å². The van der Waals surface area contributed by atoms with E-state index in [4.69, 9.17) is 5.11 Å². The fourth-order valence-electron chi connectivity index (χ4n) is 0.750. The second-order valence-corrected chi connectivity index (χ2v) is 2.77. The molecular formula is C8H14O3. The van der Waals surface area contributed by atoms with E-state index in [2.05, 4.69) is 0 Å². The van der Waals surface area contributed by atoms with E-state index in [9.17, 15) is 9.59 Å². The molecule has 0 aliphatic heterocycles. The van der Waals surface area contributed by atoms with Crippen LogP contribution in [0, 0.1) is 11.8 Å². The highest BCUT2D eigenvalue weighted by Gasteiger charge is 2.23. The molecule has 1 N–H and O–H groups in total. The van der Waals surface area contributed by atoms with Gasteiger partial charge in [0, 0.05) is 5.92 Å². The lowest BCUT2D eigenvalue weighted by Gasteiger charge is -2.09. The molecule has 0 aliphatic rings. The Balaban J connectivity index is 4.13. The van der Waals surface area contributed by atoms with Gasteiger partial charge in [-0.05, 0) is 13.3 Å². The highest BCUT2D eigenvalue weighted by atomic mass is 16.4. The van der Waals surface area contributed by atoms with E-state index in [-0.39, 0.29) is 11.7 Å². The van der Waals surface area contributed by atoms with Crippen LogP contribution in [-0.2, 0) is 9.59 Å². The van der Waals surface area contributed by atoms with Crippen molar-refractivity contribution in [3.8, 4) is 0 Å². The maximum Gasteiger partial charge on any atom is 0.313 e. The van der Waals surface area contributed by atoms with Gasteiger partial charge in [-0.1, -0.05) is 13.8 Å². The SMILES string of the molecule is CCC(C)C(=O)C(C)C(=O)O. The van der Waals surface area contributed by atoms with Crippen LogP contribution in [0.25, 0.3) is 0 Å². The molecular weight excluding hydrogens is 144 g/mol. The van der Waals surface area contributed by atoms with Gasteiger partial charge in [-0.2, -0.15) is 0 Å². The zero-order chi connectivity index (χ0) is 9.02. The molecule has 0 fully saturated rings. The number of rotatable bonds is 4. The van der Waals surface area contributed by atoms with Crippen LogP contribution in [0.15, 0.2) is 0 Å². The molecule has 0 bridgehead atoms. The first-order valence-electron chi connectivity index (χ1n) is 3.77. The Labute approximate surface area is 66.4 Å². The molecule has 0 amide bonds. The van der Waals surface area contributed by atoms with Crippen molar-refractivity contribution in [1.82, 2.24) is 0 Å². The number of aliphatic carboxylic acids is 1. The maximum absolute atomic E-state index is 11.1. The van der Waals surface area contributed by atoms with E-state index in [1.54, 1.807) is 6.92 Å². The van der Waals surface area contributed by atoms with Crippen LogP contribution in [0.2, 0.25) is 0 Å².